The highest BCUT2D eigenvalue weighted by atomic mass is 35.5. The summed E-state index contributed by atoms with van der Waals surface area (Å²) in [5, 5.41) is 7.74. The normalized spacial score (nSPS) is 17.5. The number of aromatic nitrogens is 4. The number of rotatable bonds is 3. The van der Waals surface area contributed by atoms with E-state index < -0.39 is 0 Å². The first-order chi connectivity index (χ1) is 10.4. The topological polar surface area (TPSA) is 56.4 Å². The summed E-state index contributed by atoms with van der Waals surface area (Å²) in [5.41, 5.74) is 2.06. The monoisotopic (exact) mass is 355 g/mol. The number of morpholine rings is 1. The SMILES string of the molecule is Cl.Cl.c1cc(-c2nccn2CC2CNCCO2)n2nccc2c1. The van der Waals surface area contributed by atoms with Gasteiger partial charge in [-0.05, 0) is 18.2 Å². The molecule has 1 N–H and O–H groups in total. The van der Waals surface area contributed by atoms with Gasteiger partial charge >= 0.3 is 0 Å². The Morgan fingerprint density at radius 2 is 2.13 bits per heavy atom. The molecule has 0 radical (unpaired) electrons. The van der Waals surface area contributed by atoms with Gasteiger partial charge < -0.3 is 14.6 Å². The van der Waals surface area contributed by atoms with Crippen LogP contribution in [0.3, 0.4) is 0 Å². The zero-order valence-electron chi connectivity index (χ0n) is 12.5. The predicted molar refractivity (Wildman–Crippen MR) is 93.5 cm³/mol. The fourth-order valence-corrected chi connectivity index (χ4v) is 2.76. The minimum Gasteiger partial charge on any atom is -0.374 e. The standard InChI is InChI=1S/C15H17N5O.2ClH/c1-2-12-4-5-18-20(12)14(3-1)15-17-6-8-19(15)11-13-10-16-7-9-21-13;;/h1-6,8,13,16H,7,9-11H2;2*1H. The largest absolute Gasteiger partial charge is 0.374 e. The molecule has 4 heterocycles. The van der Waals surface area contributed by atoms with E-state index in [0.717, 1.165) is 43.3 Å². The van der Waals surface area contributed by atoms with Gasteiger partial charge in [0.25, 0.3) is 0 Å². The lowest BCUT2D eigenvalue weighted by atomic mass is 10.2. The first-order valence-corrected chi connectivity index (χ1v) is 7.18. The van der Waals surface area contributed by atoms with E-state index in [2.05, 4.69) is 20.0 Å². The van der Waals surface area contributed by atoms with E-state index in [0.29, 0.717) is 0 Å². The Kier molecular flexibility index (Phi) is 6.01. The van der Waals surface area contributed by atoms with Crippen molar-refractivity contribution in [1.29, 1.82) is 0 Å². The van der Waals surface area contributed by atoms with Gasteiger partial charge in [0.1, 0.15) is 5.69 Å². The minimum atomic E-state index is 0. The average Bonchev–Trinajstić information content (AvgIpc) is 3.16. The Hall–Kier alpha value is -1.60. The van der Waals surface area contributed by atoms with Crippen LogP contribution in [0.15, 0.2) is 42.9 Å². The number of ether oxygens (including phenoxy) is 1. The molecule has 0 saturated carbocycles. The molecule has 1 aliphatic rings. The maximum absolute atomic E-state index is 5.78. The molecule has 1 fully saturated rings. The van der Waals surface area contributed by atoms with Gasteiger partial charge in [0.05, 0.1) is 31.0 Å². The van der Waals surface area contributed by atoms with Gasteiger partial charge in [-0.1, -0.05) is 6.07 Å². The van der Waals surface area contributed by atoms with Crippen molar-refractivity contribution in [1.82, 2.24) is 24.5 Å². The molecular weight excluding hydrogens is 337 g/mol. The average molecular weight is 356 g/mol. The van der Waals surface area contributed by atoms with E-state index in [4.69, 9.17) is 4.74 Å². The van der Waals surface area contributed by atoms with Crippen molar-refractivity contribution in [2.75, 3.05) is 19.7 Å². The van der Waals surface area contributed by atoms with E-state index in [1.165, 1.54) is 0 Å². The molecule has 0 amide bonds. The van der Waals surface area contributed by atoms with Crippen LogP contribution in [-0.2, 0) is 11.3 Å². The number of halogens is 2. The molecule has 1 saturated heterocycles. The summed E-state index contributed by atoms with van der Waals surface area (Å²) in [6, 6.07) is 8.10. The highest BCUT2D eigenvalue weighted by molar-refractivity contribution is 5.85. The Bertz CT molecular complexity index is 751. The Labute approximate surface area is 146 Å². The summed E-state index contributed by atoms with van der Waals surface area (Å²) in [4.78, 5) is 4.51. The first kappa shape index (κ1) is 17.7. The Morgan fingerprint density at radius 3 is 2.96 bits per heavy atom. The molecule has 8 heteroatoms. The first-order valence-electron chi connectivity index (χ1n) is 7.18. The lowest BCUT2D eigenvalue weighted by Gasteiger charge is -2.24. The molecular formula is C15H19Cl2N5O. The molecule has 0 spiro atoms. The molecule has 1 aliphatic heterocycles. The lowest BCUT2D eigenvalue weighted by Crippen LogP contribution is -2.40. The molecule has 3 aromatic heterocycles. The summed E-state index contributed by atoms with van der Waals surface area (Å²) in [6.45, 7) is 3.37. The van der Waals surface area contributed by atoms with Crippen molar-refractivity contribution in [2.24, 2.45) is 0 Å². The predicted octanol–water partition coefficient (Wildman–Crippen LogP) is 2.03. The summed E-state index contributed by atoms with van der Waals surface area (Å²) < 4.78 is 9.83. The van der Waals surface area contributed by atoms with Crippen molar-refractivity contribution >= 4 is 30.3 Å². The Balaban J connectivity index is 0.000000960. The highest BCUT2D eigenvalue weighted by Gasteiger charge is 2.17. The zero-order chi connectivity index (χ0) is 14.1. The molecule has 4 rings (SSSR count). The molecule has 6 nitrogen and oxygen atoms in total. The maximum Gasteiger partial charge on any atom is 0.158 e. The van der Waals surface area contributed by atoms with Crippen LogP contribution in [0.1, 0.15) is 0 Å². The van der Waals surface area contributed by atoms with Crippen molar-refractivity contribution in [3.63, 3.8) is 0 Å². The molecule has 124 valence electrons. The maximum atomic E-state index is 5.78. The van der Waals surface area contributed by atoms with Gasteiger partial charge in [-0.15, -0.1) is 24.8 Å². The van der Waals surface area contributed by atoms with Crippen LogP contribution in [0.5, 0.6) is 0 Å². The Morgan fingerprint density at radius 1 is 1.22 bits per heavy atom. The van der Waals surface area contributed by atoms with Crippen LogP contribution in [-0.4, -0.2) is 45.0 Å². The van der Waals surface area contributed by atoms with E-state index in [-0.39, 0.29) is 30.9 Å². The fourth-order valence-electron chi connectivity index (χ4n) is 2.76. The minimum absolute atomic E-state index is 0. The van der Waals surface area contributed by atoms with Crippen molar-refractivity contribution in [2.45, 2.75) is 12.6 Å². The van der Waals surface area contributed by atoms with Gasteiger partial charge in [-0.2, -0.15) is 5.10 Å². The van der Waals surface area contributed by atoms with Crippen molar-refractivity contribution < 1.29 is 4.74 Å². The van der Waals surface area contributed by atoms with E-state index in [9.17, 15) is 0 Å². The third-order valence-electron chi connectivity index (χ3n) is 3.77. The molecule has 0 aliphatic carbocycles. The molecule has 0 aromatic carbocycles. The molecule has 3 aromatic rings. The number of hydrogen-bond donors (Lipinski definition) is 1. The zero-order valence-corrected chi connectivity index (χ0v) is 14.1. The number of fused-ring (bicyclic) bond motifs is 1. The van der Waals surface area contributed by atoms with Crippen molar-refractivity contribution in [3.05, 3.63) is 42.9 Å². The van der Waals surface area contributed by atoms with Gasteiger partial charge in [-0.3, -0.25) is 0 Å². The van der Waals surface area contributed by atoms with Crippen LogP contribution in [0, 0.1) is 0 Å². The molecule has 23 heavy (non-hydrogen) atoms. The summed E-state index contributed by atoms with van der Waals surface area (Å²) in [6.07, 6.45) is 5.81. The number of hydrogen-bond acceptors (Lipinski definition) is 4. The van der Waals surface area contributed by atoms with Gasteiger partial charge in [0, 0.05) is 25.5 Å². The third-order valence-corrected chi connectivity index (χ3v) is 3.77. The van der Waals surface area contributed by atoms with Gasteiger partial charge in [0.2, 0.25) is 0 Å². The van der Waals surface area contributed by atoms with Crippen LogP contribution in [0.4, 0.5) is 0 Å². The van der Waals surface area contributed by atoms with E-state index >= 15 is 0 Å². The highest BCUT2D eigenvalue weighted by Crippen LogP contribution is 2.19. The smallest absolute Gasteiger partial charge is 0.158 e. The van der Waals surface area contributed by atoms with E-state index in [1.807, 2.05) is 41.2 Å². The second kappa shape index (κ2) is 7.79. The second-order valence-electron chi connectivity index (χ2n) is 5.18. The lowest BCUT2D eigenvalue weighted by molar-refractivity contribution is 0.0184. The summed E-state index contributed by atoms with van der Waals surface area (Å²) >= 11 is 0. The number of pyridine rings is 1. The van der Waals surface area contributed by atoms with Crippen LogP contribution < -0.4 is 5.32 Å². The second-order valence-corrected chi connectivity index (χ2v) is 5.18. The molecule has 0 bridgehead atoms. The third kappa shape index (κ3) is 3.50. The van der Waals surface area contributed by atoms with Crippen molar-refractivity contribution in [3.8, 4) is 11.5 Å². The number of nitrogens with zero attached hydrogens (tertiary/aromatic N) is 4. The van der Waals surface area contributed by atoms with Gasteiger partial charge in [0.15, 0.2) is 5.82 Å². The quantitative estimate of drug-likeness (QED) is 0.780. The summed E-state index contributed by atoms with van der Waals surface area (Å²) in [5.74, 6) is 0.915. The number of imidazole rings is 1. The number of nitrogens with one attached hydrogen (secondary N) is 1. The van der Waals surface area contributed by atoms with Crippen LogP contribution in [0.25, 0.3) is 17.0 Å². The molecule has 1 atom stereocenters. The van der Waals surface area contributed by atoms with Crippen LogP contribution >= 0.6 is 24.8 Å². The van der Waals surface area contributed by atoms with E-state index in [1.54, 1.807) is 6.20 Å². The fraction of sp³-hybridized carbons (Fsp3) is 0.333. The molecule has 1 unspecified atom stereocenters. The van der Waals surface area contributed by atoms with Crippen LogP contribution in [0.2, 0.25) is 0 Å². The summed E-state index contributed by atoms with van der Waals surface area (Å²) in [7, 11) is 0. The van der Waals surface area contributed by atoms with Gasteiger partial charge in [-0.25, -0.2) is 9.50 Å².